The van der Waals surface area contributed by atoms with E-state index < -0.39 is 10.0 Å². The minimum atomic E-state index is -3.62. The molecule has 2 rings (SSSR count). The highest BCUT2D eigenvalue weighted by Crippen LogP contribution is 2.31. The third kappa shape index (κ3) is 2.61. The number of nitrogens with zero attached hydrogens (tertiary/aromatic N) is 1. The summed E-state index contributed by atoms with van der Waals surface area (Å²) in [6, 6.07) is 4.76. The molecule has 1 N–H and O–H groups in total. The molecule has 1 aliphatic heterocycles. The van der Waals surface area contributed by atoms with Gasteiger partial charge in [-0.15, -0.1) is 0 Å². The van der Waals surface area contributed by atoms with E-state index in [9.17, 15) is 13.5 Å². The Balaban J connectivity index is 2.47. The maximum absolute atomic E-state index is 12.7. The molecule has 6 heteroatoms. The largest absolute Gasteiger partial charge is 0.495 e. The van der Waals surface area contributed by atoms with E-state index in [4.69, 9.17) is 4.74 Å². The van der Waals surface area contributed by atoms with Gasteiger partial charge in [0.2, 0.25) is 10.0 Å². The SMILES string of the molecule is COc1ccc(C)cc1S(=O)(=O)N1CCC[C@@H]1CO. The van der Waals surface area contributed by atoms with Crippen LogP contribution in [0.5, 0.6) is 5.75 Å². The van der Waals surface area contributed by atoms with Gasteiger partial charge in [0.15, 0.2) is 0 Å². The molecule has 106 valence electrons. The molecule has 0 spiro atoms. The molecule has 0 aliphatic carbocycles. The van der Waals surface area contributed by atoms with Crippen molar-refractivity contribution in [2.75, 3.05) is 20.3 Å². The third-order valence-electron chi connectivity index (χ3n) is 3.44. The number of sulfonamides is 1. The van der Waals surface area contributed by atoms with Crippen molar-refractivity contribution in [1.29, 1.82) is 0 Å². The van der Waals surface area contributed by atoms with E-state index in [1.54, 1.807) is 12.1 Å². The zero-order valence-electron chi connectivity index (χ0n) is 11.2. The average Bonchev–Trinajstić information content (AvgIpc) is 2.87. The van der Waals surface area contributed by atoms with Crippen molar-refractivity contribution in [3.8, 4) is 5.75 Å². The Bertz CT molecular complexity index is 556. The molecule has 0 bridgehead atoms. The third-order valence-corrected chi connectivity index (χ3v) is 5.41. The lowest BCUT2D eigenvalue weighted by molar-refractivity contribution is 0.213. The predicted octanol–water partition coefficient (Wildman–Crippen LogP) is 1.15. The van der Waals surface area contributed by atoms with E-state index in [1.807, 2.05) is 13.0 Å². The molecular formula is C13H19NO4S. The summed E-state index contributed by atoms with van der Waals surface area (Å²) in [5.41, 5.74) is 0.860. The van der Waals surface area contributed by atoms with Crippen molar-refractivity contribution in [1.82, 2.24) is 4.31 Å². The minimum absolute atomic E-state index is 0.145. The summed E-state index contributed by atoms with van der Waals surface area (Å²) >= 11 is 0. The topological polar surface area (TPSA) is 66.8 Å². The van der Waals surface area contributed by atoms with Gasteiger partial charge in [-0.2, -0.15) is 4.31 Å². The van der Waals surface area contributed by atoms with E-state index in [1.165, 1.54) is 11.4 Å². The molecule has 1 aromatic rings. The molecule has 0 amide bonds. The number of ether oxygens (including phenoxy) is 1. The van der Waals surface area contributed by atoms with Crippen molar-refractivity contribution >= 4 is 10.0 Å². The normalized spacial score (nSPS) is 20.7. The molecular weight excluding hydrogens is 266 g/mol. The summed E-state index contributed by atoms with van der Waals surface area (Å²) < 4.78 is 31.9. The van der Waals surface area contributed by atoms with Crippen LogP contribution >= 0.6 is 0 Å². The monoisotopic (exact) mass is 285 g/mol. The van der Waals surface area contributed by atoms with Crippen molar-refractivity contribution in [3.63, 3.8) is 0 Å². The Kier molecular flexibility index (Phi) is 4.13. The summed E-state index contributed by atoms with van der Waals surface area (Å²) in [6.45, 7) is 2.14. The van der Waals surface area contributed by atoms with E-state index in [-0.39, 0.29) is 17.5 Å². The summed E-state index contributed by atoms with van der Waals surface area (Å²) in [6.07, 6.45) is 1.47. The van der Waals surface area contributed by atoms with Crippen LogP contribution < -0.4 is 4.74 Å². The Morgan fingerprint density at radius 2 is 2.21 bits per heavy atom. The Labute approximate surface area is 113 Å². The first-order valence-electron chi connectivity index (χ1n) is 6.28. The number of aryl methyl sites for hydroxylation is 1. The summed E-state index contributed by atoms with van der Waals surface area (Å²) in [5, 5.41) is 9.29. The summed E-state index contributed by atoms with van der Waals surface area (Å²) in [7, 11) is -2.16. The number of rotatable bonds is 4. The van der Waals surface area contributed by atoms with Gasteiger partial charge in [0.05, 0.1) is 13.7 Å². The van der Waals surface area contributed by atoms with E-state index >= 15 is 0 Å². The number of hydrogen-bond donors (Lipinski definition) is 1. The average molecular weight is 285 g/mol. The van der Waals surface area contributed by atoms with Crippen molar-refractivity contribution < 1.29 is 18.3 Å². The second kappa shape index (κ2) is 5.48. The quantitative estimate of drug-likeness (QED) is 0.901. The first-order chi connectivity index (χ1) is 9.00. The Hall–Kier alpha value is -1.11. The minimum Gasteiger partial charge on any atom is -0.495 e. The smallest absolute Gasteiger partial charge is 0.247 e. The summed E-state index contributed by atoms with van der Waals surface area (Å²) in [4.78, 5) is 0.176. The van der Waals surface area contributed by atoms with Gasteiger partial charge < -0.3 is 9.84 Å². The fourth-order valence-electron chi connectivity index (χ4n) is 2.42. The van der Waals surface area contributed by atoms with Gasteiger partial charge in [-0.3, -0.25) is 0 Å². The highest BCUT2D eigenvalue weighted by atomic mass is 32.2. The number of aliphatic hydroxyl groups excluding tert-OH is 1. The first-order valence-corrected chi connectivity index (χ1v) is 7.72. The van der Waals surface area contributed by atoms with Gasteiger partial charge in [0.25, 0.3) is 0 Å². The second-order valence-corrected chi connectivity index (χ2v) is 6.61. The van der Waals surface area contributed by atoms with E-state index in [0.29, 0.717) is 18.7 Å². The van der Waals surface area contributed by atoms with E-state index in [2.05, 4.69) is 0 Å². The van der Waals surface area contributed by atoms with Gasteiger partial charge in [0.1, 0.15) is 10.6 Å². The molecule has 5 nitrogen and oxygen atoms in total. The molecule has 1 heterocycles. The molecule has 0 saturated carbocycles. The Morgan fingerprint density at radius 1 is 1.47 bits per heavy atom. The van der Waals surface area contributed by atoms with Crippen LogP contribution in [0.15, 0.2) is 23.1 Å². The number of benzene rings is 1. The fraction of sp³-hybridized carbons (Fsp3) is 0.538. The number of methoxy groups -OCH3 is 1. The number of aliphatic hydroxyl groups is 1. The molecule has 1 aliphatic rings. The van der Waals surface area contributed by atoms with Gasteiger partial charge in [-0.1, -0.05) is 6.07 Å². The van der Waals surface area contributed by atoms with Crippen LogP contribution in [0.3, 0.4) is 0 Å². The van der Waals surface area contributed by atoms with Crippen LogP contribution in [0.25, 0.3) is 0 Å². The zero-order chi connectivity index (χ0) is 14.0. The molecule has 1 fully saturated rings. The van der Waals surface area contributed by atoms with Crippen LogP contribution in [0.4, 0.5) is 0 Å². The maximum Gasteiger partial charge on any atom is 0.247 e. The van der Waals surface area contributed by atoms with Gasteiger partial charge >= 0.3 is 0 Å². The highest BCUT2D eigenvalue weighted by molar-refractivity contribution is 7.89. The van der Waals surface area contributed by atoms with Crippen molar-refractivity contribution in [2.45, 2.75) is 30.7 Å². The van der Waals surface area contributed by atoms with Crippen molar-refractivity contribution in [2.24, 2.45) is 0 Å². The molecule has 0 radical (unpaired) electrons. The highest BCUT2D eigenvalue weighted by Gasteiger charge is 2.36. The molecule has 0 aromatic heterocycles. The van der Waals surface area contributed by atoms with Gasteiger partial charge in [0, 0.05) is 12.6 Å². The molecule has 0 unspecified atom stereocenters. The maximum atomic E-state index is 12.7. The van der Waals surface area contributed by atoms with Gasteiger partial charge in [-0.25, -0.2) is 8.42 Å². The molecule has 1 saturated heterocycles. The fourth-order valence-corrected chi connectivity index (χ4v) is 4.35. The summed E-state index contributed by atoms with van der Waals surface area (Å²) in [5.74, 6) is 0.342. The standard InChI is InChI=1S/C13H19NO4S/c1-10-5-6-12(18-2)13(8-10)19(16,17)14-7-3-4-11(14)9-15/h5-6,8,11,15H,3-4,7,9H2,1-2H3/t11-/m1/s1. The predicted molar refractivity (Wildman–Crippen MR) is 71.7 cm³/mol. The lowest BCUT2D eigenvalue weighted by atomic mass is 10.2. The molecule has 1 aromatic carbocycles. The second-order valence-electron chi connectivity index (χ2n) is 4.75. The lowest BCUT2D eigenvalue weighted by Gasteiger charge is -2.23. The van der Waals surface area contributed by atoms with Crippen molar-refractivity contribution in [3.05, 3.63) is 23.8 Å². The molecule has 19 heavy (non-hydrogen) atoms. The zero-order valence-corrected chi connectivity index (χ0v) is 12.0. The van der Waals surface area contributed by atoms with Crippen LogP contribution in [0.2, 0.25) is 0 Å². The Morgan fingerprint density at radius 3 is 2.84 bits per heavy atom. The van der Waals surface area contributed by atoms with Crippen LogP contribution in [-0.2, 0) is 10.0 Å². The van der Waals surface area contributed by atoms with Gasteiger partial charge in [-0.05, 0) is 37.5 Å². The van der Waals surface area contributed by atoms with E-state index in [0.717, 1.165) is 12.0 Å². The molecule has 1 atom stereocenters. The first kappa shape index (κ1) is 14.3. The lowest BCUT2D eigenvalue weighted by Crippen LogP contribution is -2.37. The van der Waals surface area contributed by atoms with Crippen LogP contribution in [0, 0.1) is 6.92 Å². The number of hydrogen-bond acceptors (Lipinski definition) is 4. The van der Waals surface area contributed by atoms with Crippen LogP contribution in [0.1, 0.15) is 18.4 Å². The van der Waals surface area contributed by atoms with Crippen LogP contribution in [-0.4, -0.2) is 44.1 Å².